The van der Waals surface area contributed by atoms with Gasteiger partial charge in [0.1, 0.15) is 0 Å². The van der Waals surface area contributed by atoms with Crippen LogP contribution in [0.25, 0.3) is 0 Å². The second-order valence-electron chi connectivity index (χ2n) is 6.36. The van der Waals surface area contributed by atoms with Gasteiger partial charge in [0.2, 0.25) is 0 Å². The largest absolute Gasteiger partial charge is 0.378 e. The number of benzene rings is 1. The van der Waals surface area contributed by atoms with Crippen molar-refractivity contribution in [1.29, 1.82) is 0 Å². The number of hydrogen-bond acceptors (Lipinski definition) is 3. The fraction of sp³-hybridized carbons (Fsp3) is 0.625. The standard InChI is InChI=1S/C16H24ClN3/c1-12-4-5-13(9-15(12)17)19-16(11-18)6-8-20-7-2-3-14(20)10-16/h4-5,9,14,19H,2-3,6-8,10-11,18H2,1H3. The second-order valence-corrected chi connectivity index (χ2v) is 6.77. The molecule has 110 valence electrons. The zero-order valence-electron chi connectivity index (χ0n) is 12.2. The molecule has 3 nitrogen and oxygen atoms in total. The van der Waals surface area contributed by atoms with Gasteiger partial charge in [-0.3, -0.25) is 0 Å². The van der Waals surface area contributed by atoms with Gasteiger partial charge in [-0.15, -0.1) is 0 Å². The SMILES string of the molecule is Cc1ccc(NC2(CN)CCN3CCCC3C2)cc1Cl. The van der Waals surface area contributed by atoms with Crippen molar-refractivity contribution in [3.05, 3.63) is 28.8 Å². The summed E-state index contributed by atoms with van der Waals surface area (Å²) in [4.78, 5) is 2.62. The van der Waals surface area contributed by atoms with Crippen LogP contribution < -0.4 is 11.1 Å². The number of nitrogens with one attached hydrogen (secondary N) is 1. The maximum Gasteiger partial charge on any atom is 0.0522 e. The highest BCUT2D eigenvalue weighted by Crippen LogP contribution is 2.35. The third-order valence-electron chi connectivity index (χ3n) is 4.98. The van der Waals surface area contributed by atoms with Crippen molar-refractivity contribution in [2.75, 3.05) is 25.0 Å². The Bertz CT molecular complexity index is 491. The number of aryl methyl sites for hydroxylation is 1. The molecule has 1 aromatic carbocycles. The Kier molecular flexibility index (Phi) is 3.93. The van der Waals surface area contributed by atoms with Crippen LogP contribution in [-0.4, -0.2) is 36.1 Å². The highest BCUT2D eigenvalue weighted by Gasteiger charge is 2.40. The molecule has 1 aromatic rings. The van der Waals surface area contributed by atoms with Crippen LogP contribution in [0.3, 0.4) is 0 Å². The van der Waals surface area contributed by atoms with E-state index in [1.54, 1.807) is 0 Å². The molecule has 0 radical (unpaired) electrons. The van der Waals surface area contributed by atoms with E-state index in [1.807, 2.05) is 13.0 Å². The summed E-state index contributed by atoms with van der Waals surface area (Å²) in [6.07, 6.45) is 4.92. The quantitative estimate of drug-likeness (QED) is 0.900. The molecule has 4 heteroatoms. The number of piperidine rings is 1. The van der Waals surface area contributed by atoms with Gasteiger partial charge in [-0.2, -0.15) is 0 Å². The van der Waals surface area contributed by atoms with Crippen molar-refractivity contribution in [2.45, 2.75) is 44.2 Å². The first-order valence-electron chi connectivity index (χ1n) is 7.60. The van der Waals surface area contributed by atoms with Gasteiger partial charge in [0, 0.05) is 29.8 Å². The van der Waals surface area contributed by atoms with E-state index in [-0.39, 0.29) is 5.54 Å². The molecule has 2 atom stereocenters. The van der Waals surface area contributed by atoms with E-state index in [0.29, 0.717) is 12.6 Å². The van der Waals surface area contributed by atoms with Crippen molar-refractivity contribution in [1.82, 2.24) is 4.90 Å². The maximum atomic E-state index is 6.23. The summed E-state index contributed by atoms with van der Waals surface area (Å²) in [6, 6.07) is 6.91. The van der Waals surface area contributed by atoms with Crippen LogP contribution in [-0.2, 0) is 0 Å². The minimum atomic E-state index is 0.0318. The van der Waals surface area contributed by atoms with Crippen LogP contribution in [0.1, 0.15) is 31.2 Å². The van der Waals surface area contributed by atoms with Crippen molar-refractivity contribution >= 4 is 17.3 Å². The molecule has 3 rings (SSSR count). The van der Waals surface area contributed by atoms with Gasteiger partial charge >= 0.3 is 0 Å². The number of rotatable bonds is 3. The molecule has 2 unspecified atom stereocenters. The van der Waals surface area contributed by atoms with Crippen molar-refractivity contribution in [3.63, 3.8) is 0 Å². The molecular weight excluding hydrogens is 270 g/mol. The number of nitrogens with zero attached hydrogens (tertiary/aromatic N) is 1. The summed E-state index contributed by atoms with van der Waals surface area (Å²) in [6.45, 7) is 5.14. The average molecular weight is 294 g/mol. The zero-order chi connectivity index (χ0) is 14.2. The highest BCUT2D eigenvalue weighted by molar-refractivity contribution is 6.31. The van der Waals surface area contributed by atoms with Gasteiger partial charge in [-0.25, -0.2) is 0 Å². The summed E-state index contributed by atoms with van der Waals surface area (Å²) < 4.78 is 0. The molecule has 0 bridgehead atoms. The van der Waals surface area contributed by atoms with E-state index in [9.17, 15) is 0 Å². The van der Waals surface area contributed by atoms with E-state index in [2.05, 4.69) is 22.3 Å². The molecular formula is C16H24ClN3. The molecule has 0 spiro atoms. The number of hydrogen-bond donors (Lipinski definition) is 2. The molecule has 0 amide bonds. The van der Waals surface area contributed by atoms with Gasteiger partial charge in [0.15, 0.2) is 0 Å². The average Bonchev–Trinajstić information content (AvgIpc) is 2.90. The van der Waals surface area contributed by atoms with Crippen LogP contribution in [0, 0.1) is 6.92 Å². The maximum absolute atomic E-state index is 6.23. The third kappa shape index (κ3) is 2.67. The summed E-state index contributed by atoms with van der Waals surface area (Å²) >= 11 is 6.23. The lowest BCUT2D eigenvalue weighted by atomic mass is 9.83. The van der Waals surface area contributed by atoms with E-state index >= 15 is 0 Å². The molecule has 0 aromatic heterocycles. The molecule has 0 saturated carbocycles. The molecule has 2 heterocycles. The topological polar surface area (TPSA) is 41.3 Å². The summed E-state index contributed by atoms with van der Waals surface area (Å²) in [5, 5.41) is 4.51. The molecule has 2 saturated heterocycles. The molecule has 2 aliphatic heterocycles. The van der Waals surface area contributed by atoms with Crippen LogP contribution in [0.5, 0.6) is 0 Å². The highest BCUT2D eigenvalue weighted by atomic mass is 35.5. The Morgan fingerprint density at radius 2 is 2.30 bits per heavy atom. The van der Waals surface area contributed by atoms with Gasteiger partial charge in [0.25, 0.3) is 0 Å². The third-order valence-corrected chi connectivity index (χ3v) is 5.38. The molecule has 2 aliphatic rings. The Morgan fingerprint density at radius 3 is 3.05 bits per heavy atom. The van der Waals surface area contributed by atoms with E-state index in [1.165, 1.54) is 19.4 Å². The van der Waals surface area contributed by atoms with E-state index in [0.717, 1.165) is 35.7 Å². The van der Waals surface area contributed by atoms with Crippen LogP contribution in [0.15, 0.2) is 18.2 Å². The molecule has 0 aliphatic carbocycles. The van der Waals surface area contributed by atoms with Crippen molar-refractivity contribution < 1.29 is 0 Å². The molecule has 20 heavy (non-hydrogen) atoms. The minimum Gasteiger partial charge on any atom is -0.378 e. The fourth-order valence-corrected chi connectivity index (χ4v) is 3.84. The van der Waals surface area contributed by atoms with Crippen LogP contribution >= 0.6 is 11.6 Å². The first-order chi connectivity index (χ1) is 9.62. The molecule has 3 N–H and O–H groups in total. The van der Waals surface area contributed by atoms with Crippen molar-refractivity contribution in [3.8, 4) is 0 Å². The predicted molar refractivity (Wildman–Crippen MR) is 85.4 cm³/mol. The number of halogens is 1. The van der Waals surface area contributed by atoms with Crippen molar-refractivity contribution in [2.24, 2.45) is 5.73 Å². The van der Waals surface area contributed by atoms with Gasteiger partial charge < -0.3 is 16.0 Å². The van der Waals surface area contributed by atoms with Gasteiger partial charge in [-0.05, 0) is 56.8 Å². The Hall–Kier alpha value is -0.770. The van der Waals surface area contributed by atoms with E-state index < -0.39 is 0 Å². The Morgan fingerprint density at radius 1 is 1.45 bits per heavy atom. The lowest BCUT2D eigenvalue weighted by molar-refractivity contribution is 0.145. The normalized spacial score (nSPS) is 30.2. The Labute approximate surface area is 126 Å². The fourth-order valence-electron chi connectivity index (χ4n) is 3.66. The summed E-state index contributed by atoms with van der Waals surface area (Å²) in [7, 11) is 0. The molecule has 2 fully saturated rings. The minimum absolute atomic E-state index is 0.0318. The summed E-state index contributed by atoms with van der Waals surface area (Å²) in [5.41, 5.74) is 8.36. The predicted octanol–water partition coefficient (Wildman–Crippen LogP) is 3.02. The van der Waals surface area contributed by atoms with Crippen LogP contribution in [0.2, 0.25) is 5.02 Å². The number of nitrogens with two attached hydrogens (primary N) is 1. The first-order valence-corrected chi connectivity index (χ1v) is 7.98. The Balaban J connectivity index is 1.77. The van der Waals surface area contributed by atoms with E-state index in [4.69, 9.17) is 17.3 Å². The zero-order valence-corrected chi connectivity index (χ0v) is 12.9. The lowest BCUT2D eigenvalue weighted by Gasteiger charge is -2.44. The number of fused-ring (bicyclic) bond motifs is 1. The smallest absolute Gasteiger partial charge is 0.0522 e. The van der Waals surface area contributed by atoms with Gasteiger partial charge in [-0.1, -0.05) is 17.7 Å². The number of anilines is 1. The van der Waals surface area contributed by atoms with Crippen LogP contribution in [0.4, 0.5) is 5.69 Å². The monoisotopic (exact) mass is 293 g/mol. The van der Waals surface area contributed by atoms with Gasteiger partial charge in [0.05, 0.1) is 5.54 Å². The summed E-state index contributed by atoms with van der Waals surface area (Å²) in [5.74, 6) is 0. The first kappa shape index (κ1) is 14.2. The lowest BCUT2D eigenvalue weighted by Crippen LogP contribution is -2.55. The second kappa shape index (κ2) is 5.55.